The van der Waals surface area contributed by atoms with Gasteiger partial charge in [-0.2, -0.15) is 0 Å². The predicted molar refractivity (Wildman–Crippen MR) is 89.7 cm³/mol. The lowest BCUT2D eigenvalue weighted by Crippen LogP contribution is -2.34. The first-order valence-corrected chi connectivity index (χ1v) is 7.82. The summed E-state index contributed by atoms with van der Waals surface area (Å²) >= 11 is 0. The molecule has 0 radical (unpaired) electrons. The van der Waals surface area contributed by atoms with Crippen molar-refractivity contribution in [3.63, 3.8) is 0 Å². The molecule has 2 N–H and O–H groups in total. The Labute approximate surface area is 141 Å². The van der Waals surface area contributed by atoms with Crippen LogP contribution in [0.5, 0.6) is 0 Å². The van der Waals surface area contributed by atoms with Crippen LogP contribution in [0.1, 0.15) is 24.8 Å². The zero-order chi connectivity index (χ0) is 15.6. The number of amides is 1. The molecule has 1 aromatic rings. The molecule has 1 amide bonds. The molecule has 2 aliphatic rings. The summed E-state index contributed by atoms with van der Waals surface area (Å²) < 4.78 is 0. The van der Waals surface area contributed by atoms with E-state index in [0.717, 1.165) is 37.9 Å². The van der Waals surface area contributed by atoms with Gasteiger partial charge in [-0.3, -0.25) is 14.9 Å². The van der Waals surface area contributed by atoms with E-state index < -0.39 is 4.92 Å². The van der Waals surface area contributed by atoms with E-state index in [4.69, 9.17) is 0 Å². The molecule has 1 unspecified atom stereocenters. The molecule has 2 fully saturated rings. The van der Waals surface area contributed by atoms with Gasteiger partial charge < -0.3 is 10.6 Å². The van der Waals surface area contributed by atoms with E-state index in [9.17, 15) is 14.9 Å². The standard InChI is InChI=1S/C16H21N3O3.ClH/c20-15(14-11-16(14)6-9-17-10-7-16)18-8-5-12-1-3-13(4-2-12)19(21)22;/h1-4,14,17H,5-11H2,(H,18,20);1H. The maximum absolute atomic E-state index is 12.2. The molecule has 6 nitrogen and oxygen atoms in total. The summed E-state index contributed by atoms with van der Waals surface area (Å²) in [6, 6.07) is 6.50. The highest BCUT2D eigenvalue weighted by Gasteiger charge is 2.57. The van der Waals surface area contributed by atoms with E-state index in [1.807, 2.05) is 0 Å². The minimum atomic E-state index is -0.406. The third kappa shape index (κ3) is 4.00. The summed E-state index contributed by atoms with van der Waals surface area (Å²) in [5, 5.41) is 16.9. The summed E-state index contributed by atoms with van der Waals surface area (Å²) in [4.78, 5) is 22.4. The Morgan fingerprint density at radius 1 is 1.30 bits per heavy atom. The van der Waals surface area contributed by atoms with Gasteiger partial charge in [-0.05, 0) is 49.8 Å². The number of nitro groups is 1. The summed E-state index contributed by atoms with van der Waals surface area (Å²) in [5.41, 5.74) is 1.36. The van der Waals surface area contributed by atoms with Gasteiger partial charge in [-0.15, -0.1) is 12.4 Å². The molecule has 1 atom stereocenters. The number of non-ortho nitro benzene ring substituents is 1. The molecular weight excluding hydrogens is 318 g/mol. The van der Waals surface area contributed by atoms with Crippen LogP contribution in [0.25, 0.3) is 0 Å². The van der Waals surface area contributed by atoms with Crippen LogP contribution >= 0.6 is 12.4 Å². The second-order valence-electron chi connectivity index (χ2n) is 6.33. The van der Waals surface area contributed by atoms with Crippen LogP contribution in [0.3, 0.4) is 0 Å². The minimum Gasteiger partial charge on any atom is -0.356 e. The maximum atomic E-state index is 12.2. The van der Waals surface area contributed by atoms with Crippen molar-refractivity contribution in [2.75, 3.05) is 19.6 Å². The van der Waals surface area contributed by atoms with Crippen molar-refractivity contribution in [3.8, 4) is 0 Å². The van der Waals surface area contributed by atoms with Crippen molar-refractivity contribution in [1.82, 2.24) is 10.6 Å². The van der Waals surface area contributed by atoms with E-state index in [0.29, 0.717) is 13.0 Å². The first-order valence-electron chi connectivity index (χ1n) is 7.82. The molecule has 0 aromatic heterocycles. The molecule has 1 aliphatic heterocycles. The van der Waals surface area contributed by atoms with E-state index in [1.54, 1.807) is 12.1 Å². The van der Waals surface area contributed by atoms with Gasteiger partial charge in [0, 0.05) is 24.6 Å². The van der Waals surface area contributed by atoms with Crippen molar-refractivity contribution in [2.45, 2.75) is 25.7 Å². The third-order valence-corrected chi connectivity index (χ3v) is 4.97. The van der Waals surface area contributed by atoms with Crippen LogP contribution in [0.2, 0.25) is 0 Å². The van der Waals surface area contributed by atoms with Crippen molar-refractivity contribution in [2.24, 2.45) is 11.3 Å². The van der Waals surface area contributed by atoms with Gasteiger partial charge in [0.1, 0.15) is 0 Å². The smallest absolute Gasteiger partial charge is 0.269 e. The molecule has 1 saturated carbocycles. The monoisotopic (exact) mass is 339 g/mol. The topological polar surface area (TPSA) is 84.3 Å². The zero-order valence-electron chi connectivity index (χ0n) is 12.9. The summed E-state index contributed by atoms with van der Waals surface area (Å²) in [7, 11) is 0. The zero-order valence-corrected chi connectivity index (χ0v) is 13.7. The van der Waals surface area contributed by atoms with Gasteiger partial charge in [0.05, 0.1) is 4.92 Å². The molecular formula is C16H22ClN3O3. The van der Waals surface area contributed by atoms with Crippen LogP contribution in [-0.4, -0.2) is 30.5 Å². The van der Waals surface area contributed by atoms with Gasteiger partial charge in [-0.1, -0.05) is 12.1 Å². The highest BCUT2D eigenvalue weighted by Crippen LogP contribution is 2.58. The van der Waals surface area contributed by atoms with Crippen LogP contribution in [0, 0.1) is 21.4 Å². The molecule has 1 aliphatic carbocycles. The highest BCUT2D eigenvalue weighted by atomic mass is 35.5. The summed E-state index contributed by atoms with van der Waals surface area (Å²) in [6.07, 6.45) is 3.93. The first-order chi connectivity index (χ1) is 10.6. The maximum Gasteiger partial charge on any atom is 0.269 e. The van der Waals surface area contributed by atoms with E-state index in [1.165, 1.54) is 12.1 Å². The second kappa shape index (κ2) is 7.27. The lowest BCUT2D eigenvalue weighted by molar-refractivity contribution is -0.384. The third-order valence-electron chi connectivity index (χ3n) is 4.97. The number of nitrogens with zero attached hydrogens (tertiary/aromatic N) is 1. The Morgan fingerprint density at radius 3 is 2.57 bits per heavy atom. The fraction of sp³-hybridized carbons (Fsp3) is 0.562. The normalized spacial score (nSPS) is 21.3. The van der Waals surface area contributed by atoms with Crippen molar-refractivity contribution in [3.05, 3.63) is 39.9 Å². The largest absolute Gasteiger partial charge is 0.356 e. The Hall–Kier alpha value is -1.66. The lowest BCUT2D eigenvalue weighted by Gasteiger charge is -2.23. The molecule has 1 saturated heterocycles. The van der Waals surface area contributed by atoms with Crippen molar-refractivity contribution in [1.29, 1.82) is 0 Å². The van der Waals surface area contributed by atoms with Crippen molar-refractivity contribution < 1.29 is 9.72 Å². The highest BCUT2D eigenvalue weighted by molar-refractivity contribution is 5.85. The van der Waals surface area contributed by atoms with Gasteiger partial charge in [0.15, 0.2) is 0 Å². The van der Waals surface area contributed by atoms with E-state index in [2.05, 4.69) is 10.6 Å². The molecule has 1 spiro atoms. The minimum absolute atomic E-state index is 0. The average molecular weight is 340 g/mol. The Kier molecular flexibility index (Phi) is 5.59. The quantitative estimate of drug-likeness (QED) is 0.635. The van der Waals surface area contributed by atoms with Crippen LogP contribution in [0.15, 0.2) is 24.3 Å². The molecule has 3 rings (SSSR count). The number of carbonyl (C=O) groups is 1. The Bertz CT molecular complexity index is 570. The molecule has 23 heavy (non-hydrogen) atoms. The number of hydrogen-bond donors (Lipinski definition) is 2. The number of carbonyl (C=O) groups excluding carboxylic acids is 1. The number of rotatable bonds is 5. The number of halogens is 1. The Balaban J connectivity index is 0.00000192. The number of hydrogen-bond acceptors (Lipinski definition) is 4. The van der Waals surface area contributed by atoms with Crippen LogP contribution in [-0.2, 0) is 11.2 Å². The number of piperidine rings is 1. The number of benzene rings is 1. The molecule has 1 aromatic carbocycles. The fourth-order valence-electron chi connectivity index (χ4n) is 3.43. The molecule has 7 heteroatoms. The van der Waals surface area contributed by atoms with Gasteiger partial charge in [0.2, 0.25) is 5.91 Å². The van der Waals surface area contributed by atoms with Crippen LogP contribution < -0.4 is 10.6 Å². The number of nitrogens with one attached hydrogen (secondary N) is 2. The van der Waals surface area contributed by atoms with Gasteiger partial charge in [-0.25, -0.2) is 0 Å². The SMILES string of the molecule is Cl.O=C(NCCc1ccc([N+](=O)[O-])cc1)C1CC12CCNCC2. The van der Waals surface area contributed by atoms with Gasteiger partial charge >= 0.3 is 0 Å². The first kappa shape index (κ1) is 17.7. The molecule has 126 valence electrons. The number of nitro benzene ring substituents is 1. The lowest BCUT2D eigenvalue weighted by atomic mass is 9.92. The van der Waals surface area contributed by atoms with E-state index >= 15 is 0 Å². The summed E-state index contributed by atoms with van der Waals surface area (Å²) in [6.45, 7) is 2.63. The van der Waals surface area contributed by atoms with Crippen molar-refractivity contribution >= 4 is 24.0 Å². The molecule has 1 heterocycles. The fourth-order valence-corrected chi connectivity index (χ4v) is 3.43. The predicted octanol–water partition coefficient (Wildman–Crippen LogP) is 2.06. The summed E-state index contributed by atoms with van der Waals surface area (Å²) in [5.74, 6) is 0.357. The van der Waals surface area contributed by atoms with Gasteiger partial charge in [0.25, 0.3) is 5.69 Å². The van der Waals surface area contributed by atoms with E-state index in [-0.39, 0.29) is 35.3 Å². The molecule has 0 bridgehead atoms. The average Bonchev–Trinajstić information content (AvgIpc) is 3.21. The second-order valence-corrected chi connectivity index (χ2v) is 6.33. The Morgan fingerprint density at radius 2 is 1.96 bits per heavy atom. The van der Waals surface area contributed by atoms with Crippen LogP contribution in [0.4, 0.5) is 5.69 Å².